The highest BCUT2D eigenvalue weighted by Crippen LogP contribution is 2.59. The van der Waals surface area contributed by atoms with E-state index in [9.17, 15) is 9.90 Å². The highest BCUT2D eigenvalue weighted by atomic mass is 16.5. The lowest BCUT2D eigenvalue weighted by molar-refractivity contribution is -0.118. The maximum atomic E-state index is 13.0. The molecule has 3 aliphatic heterocycles. The molecule has 1 saturated carbocycles. The predicted molar refractivity (Wildman–Crippen MR) is 139 cm³/mol. The molecule has 1 spiro atoms. The first-order chi connectivity index (χ1) is 17.4. The van der Waals surface area contributed by atoms with E-state index >= 15 is 0 Å². The second-order valence-corrected chi connectivity index (χ2v) is 11.3. The molecule has 6 rings (SSSR count). The number of amides is 1. The van der Waals surface area contributed by atoms with Crippen LogP contribution >= 0.6 is 0 Å². The number of nitrogens with one attached hydrogen (secondary N) is 1. The fraction of sp³-hybridized carbons (Fsp3) is 0.643. The molecule has 2 N–H and O–H groups in total. The van der Waals surface area contributed by atoms with E-state index < -0.39 is 6.10 Å². The Morgan fingerprint density at radius 2 is 1.92 bits per heavy atom. The molecule has 0 radical (unpaired) electrons. The van der Waals surface area contributed by atoms with Gasteiger partial charge in [-0.25, -0.2) is 4.98 Å². The molecule has 0 unspecified atom stereocenters. The number of benzene rings is 1. The Morgan fingerprint density at radius 3 is 2.61 bits per heavy atom. The first-order valence-corrected chi connectivity index (χ1v) is 13.5. The van der Waals surface area contributed by atoms with Gasteiger partial charge in [0.1, 0.15) is 5.82 Å². The van der Waals surface area contributed by atoms with Crippen LogP contribution in [0.1, 0.15) is 38.7 Å². The van der Waals surface area contributed by atoms with Crippen molar-refractivity contribution in [2.75, 3.05) is 62.8 Å². The van der Waals surface area contributed by atoms with E-state index in [1.165, 1.54) is 11.3 Å². The average molecular weight is 495 g/mol. The van der Waals surface area contributed by atoms with Crippen LogP contribution in [0.3, 0.4) is 0 Å². The van der Waals surface area contributed by atoms with Crippen molar-refractivity contribution in [2.24, 2.45) is 11.3 Å². The minimum absolute atomic E-state index is 0.0823. The molecule has 36 heavy (non-hydrogen) atoms. The summed E-state index contributed by atoms with van der Waals surface area (Å²) in [6.45, 7) is 10.4. The predicted octanol–water partition coefficient (Wildman–Crippen LogP) is 2.82. The van der Waals surface area contributed by atoms with Gasteiger partial charge >= 0.3 is 0 Å². The molecule has 1 amide bonds. The van der Waals surface area contributed by atoms with Crippen LogP contribution in [0.2, 0.25) is 0 Å². The van der Waals surface area contributed by atoms with Gasteiger partial charge in [0, 0.05) is 62.6 Å². The molecule has 1 aromatic heterocycles. The van der Waals surface area contributed by atoms with Crippen molar-refractivity contribution in [1.82, 2.24) is 9.88 Å². The number of aliphatic hydroxyl groups is 1. The second kappa shape index (κ2) is 9.24. The third kappa shape index (κ3) is 4.18. The summed E-state index contributed by atoms with van der Waals surface area (Å²) in [5, 5.41) is 15.7. The number of carbonyl (C=O) groups excluding carboxylic acids is 1. The minimum atomic E-state index is -0.436. The summed E-state index contributed by atoms with van der Waals surface area (Å²) in [5.74, 6) is 0.806. The van der Waals surface area contributed by atoms with E-state index in [1.54, 1.807) is 0 Å². The lowest BCUT2D eigenvalue weighted by atomic mass is 9.93. The normalized spacial score (nSPS) is 30.1. The van der Waals surface area contributed by atoms with Crippen LogP contribution in [0.25, 0.3) is 10.8 Å². The largest absolute Gasteiger partial charge is 0.389 e. The van der Waals surface area contributed by atoms with Gasteiger partial charge in [-0.15, -0.1) is 0 Å². The number of aryl methyl sites for hydroxylation is 1. The number of hydrogen-bond donors (Lipinski definition) is 2. The van der Waals surface area contributed by atoms with Crippen molar-refractivity contribution in [1.29, 1.82) is 0 Å². The highest BCUT2D eigenvalue weighted by Gasteiger charge is 2.58. The van der Waals surface area contributed by atoms with Gasteiger partial charge < -0.3 is 24.8 Å². The van der Waals surface area contributed by atoms with E-state index in [0.717, 1.165) is 75.8 Å². The Morgan fingerprint density at radius 1 is 1.14 bits per heavy atom. The van der Waals surface area contributed by atoms with Gasteiger partial charge in [-0.3, -0.25) is 9.69 Å². The molecular formula is C28H38N4O4. The Labute approximate surface area is 212 Å². The van der Waals surface area contributed by atoms with E-state index in [1.807, 2.05) is 12.3 Å². The van der Waals surface area contributed by atoms with Crippen LogP contribution in [0.5, 0.6) is 0 Å². The SMILES string of the molecule is CCc1cc2cnc(NC(=O)[C@H]3CC34CCOCC4)cc2cc1N1CCN([C@@]2(C)COC[C@H]2O)CC1. The maximum Gasteiger partial charge on any atom is 0.229 e. The molecule has 2 aromatic rings. The zero-order valence-corrected chi connectivity index (χ0v) is 21.5. The number of aromatic nitrogens is 1. The zero-order chi connectivity index (χ0) is 24.9. The van der Waals surface area contributed by atoms with Crippen LogP contribution in [0.4, 0.5) is 11.5 Å². The minimum Gasteiger partial charge on any atom is -0.389 e. The smallest absolute Gasteiger partial charge is 0.229 e. The van der Waals surface area contributed by atoms with Crippen molar-refractivity contribution in [3.63, 3.8) is 0 Å². The summed E-state index contributed by atoms with van der Waals surface area (Å²) in [4.78, 5) is 22.4. The Bertz CT molecular complexity index is 1140. The van der Waals surface area contributed by atoms with Crippen LogP contribution in [0.15, 0.2) is 24.4 Å². The number of pyridine rings is 1. The van der Waals surface area contributed by atoms with Gasteiger partial charge in [-0.2, -0.15) is 0 Å². The number of hydrogen-bond acceptors (Lipinski definition) is 7. The lowest BCUT2D eigenvalue weighted by Crippen LogP contribution is -2.60. The molecular weight excluding hydrogens is 456 g/mol. The zero-order valence-electron chi connectivity index (χ0n) is 21.5. The van der Waals surface area contributed by atoms with Gasteiger partial charge in [-0.1, -0.05) is 6.92 Å². The quantitative estimate of drug-likeness (QED) is 0.661. The van der Waals surface area contributed by atoms with E-state index in [4.69, 9.17) is 9.47 Å². The molecule has 194 valence electrons. The van der Waals surface area contributed by atoms with Crippen LogP contribution in [-0.2, 0) is 20.7 Å². The van der Waals surface area contributed by atoms with Crippen molar-refractivity contribution in [3.05, 3.63) is 30.0 Å². The van der Waals surface area contributed by atoms with E-state index in [0.29, 0.717) is 19.0 Å². The monoisotopic (exact) mass is 494 g/mol. The first kappa shape index (κ1) is 24.1. The molecule has 8 nitrogen and oxygen atoms in total. The first-order valence-electron chi connectivity index (χ1n) is 13.5. The van der Waals surface area contributed by atoms with Crippen molar-refractivity contribution in [2.45, 2.75) is 51.2 Å². The third-order valence-electron chi connectivity index (χ3n) is 9.28. The number of nitrogens with zero attached hydrogens (tertiary/aromatic N) is 3. The molecule has 8 heteroatoms. The summed E-state index contributed by atoms with van der Waals surface area (Å²) >= 11 is 0. The van der Waals surface area contributed by atoms with Crippen LogP contribution in [0, 0.1) is 11.3 Å². The molecule has 1 aliphatic carbocycles. The van der Waals surface area contributed by atoms with E-state index in [2.05, 4.69) is 46.1 Å². The Balaban J connectivity index is 1.18. The number of anilines is 2. The lowest BCUT2D eigenvalue weighted by Gasteiger charge is -2.45. The summed E-state index contributed by atoms with van der Waals surface area (Å²) < 4.78 is 11.1. The molecule has 4 heterocycles. The van der Waals surface area contributed by atoms with E-state index in [-0.39, 0.29) is 22.8 Å². The average Bonchev–Trinajstić information content (AvgIpc) is 3.48. The van der Waals surface area contributed by atoms with Gasteiger partial charge in [0.2, 0.25) is 5.91 Å². The summed E-state index contributed by atoms with van der Waals surface area (Å²) in [7, 11) is 0. The molecule has 3 saturated heterocycles. The summed E-state index contributed by atoms with van der Waals surface area (Å²) in [5.41, 5.74) is 2.42. The van der Waals surface area contributed by atoms with Crippen molar-refractivity contribution < 1.29 is 19.4 Å². The number of fused-ring (bicyclic) bond motifs is 1. The number of ether oxygens (including phenoxy) is 2. The molecule has 3 atom stereocenters. The fourth-order valence-electron chi connectivity index (χ4n) is 6.55. The molecule has 1 aromatic carbocycles. The van der Waals surface area contributed by atoms with Crippen molar-refractivity contribution >= 4 is 28.2 Å². The molecule has 4 aliphatic rings. The van der Waals surface area contributed by atoms with Gasteiger partial charge in [0.15, 0.2) is 0 Å². The molecule has 4 fully saturated rings. The topological polar surface area (TPSA) is 87.2 Å². The Hall–Kier alpha value is -2.26. The van der Waals surface area contributed by atoms with Gasteiger partial charge in [0.05, 0.1) is 24.9 Å². The number of aliphatic hydroxyl groups excluding tert-OH is 1. The third-order valence-corrected chi connectivity index (χ3v) is 9.28. The number of piperazine rings is 1. The highest BCUT2D eigenvalue weighted by molar-refractivity contribution is 5.97. The summed E-state index contributed by atoms with van der Waals surface area (Å²) in [6, 6.07) is 6.51. The van der Waals surface area contributed by atoms with Crippen molar-refractivity contribution in [3.8, 4) is 0 Å². The van der Waals surface area contributed by atoms with Crippen LogP contribution in [-0.4, -0.2) is 85.1 Å². The standard InChI is InChI=1S/C28H38N4O4/c1-3-19-12-21-16-29-25(30-26(34)22-15-28(22)4-10-35-11-5-28)14-20(21)13-23(19)31-6-8-32(9-7-31)27(2)18-36-17-24(27)33/h12-14,16,22,24,33H,3-11,15,17-18H2,1-2H3,(H,29,30,34)/t22-,24-,27+/m1/s1. The fourth-order valence-corrected chi connectivity index (χ4v) is 6.55. The summed E-state index contributed by atoms with van der Waals surface area (Å²) in [6.07, 6.45) is 5.32. The van der Waals surface area contributed by atoms with Gasteiger partial charge in [-0.05, 0) is 67.2 Å². The molecule has 0 bridgehead atoms. The van der Waals surface area contributed by atoms with Gasteiger partial charge in [0.25, 0.3) is 0 Å². The second-order valence-electron chi connectivity index (χ2n) is 11.3. The number of carbonyl (C=O) groups is 1. The Kier molecular flexibility index (Phi) is 6.19. The maximum absolute atomic E-state index is 13.0. The van der Waals surface area contributed by atoms with Crippen LogP contribution < -0.4 is 10.2 Å². The number of rotatable bonds is 5.